The Morgan fingerprint density at radius 3 is 2.52 bits per heavy atom. The second-order valence-electron chi connectivity index (χ2n) is 7.57. The Morgan fingerprint density at radius 1 is 1.17 bits per heavy atom. The number of fused-ring (bicyclic) bond motifs is 1. The molecule has 0 aliphatic carbocycles. The van der Waals surface area contributed by atoms with Crippen LogP contribution >= 0.6 is 0 Å². The van der Waals surface area contributed by atoms with Crippen LogP contribution in [0, 0.1) is 0 Å². The number of benzene rings is 2. The van der Waals surface area contributed by atoms with Gasteiger partial charge in [0.15, 0.2) is 0 Å². The molecule has 1 atom stereocenters. The van der Waals surface area contributed by atoms with Crippen molar-refractivity contribution in [2.75, 3.05) is 5.75 Å². The number of hydrogen-bond acceptors (Lipinski definition) is 7. The molecule has 0 saturated heterocycles. The third kappa shape index (κ3) is 5.72. The molecule has 1 aliphatic rings. The van der Waals surface area contributed by atoms with Crippen LogP contribution in [0.1, 0.15) is 32.4 Å². The van der Waals surface area contributed by atoms with Crippen LogP contribution in [0.2, 0.25) is 0 Å². The molecule has 2 aromatic carbocycles. The van der Waals surface area contributed by atoms with Crippen molar-refractivity contribution >= 4 is 28.7 Å². The van der Waals surface area contributed by atoms with Crippen molar-refractivity contribution in [2.45, 2.75) is 32.5 Å². The average molecular weight is 419 g/mol. The smallest absolute Gasteiger partial charge is 0.457 e. The van der Waals surface area contributed by atoms with Crippen LogP contribution < -0.4 is 14.9 Å². The van der Waals surface area contributed by atoms with Crippen molar-refractivity contribution in [3.05, 3.63) is 54.1 Å². The van der Waals surface area contributed by atoms with E-state index in [-0.39, 0.29) is 0 Å². The maximum absolute atomic E-state index is 12.3. The Hall–Kier alpha value is -2.56. The number of nitrogens with one attached hydrogen (secondary N) is 1. The van der Waals surface area contributed by atoms with Crippen LogP contribution in [-0.4, -0.2) is 38.0 Å². The zero-order chi connectivity index (χ0) is 21.2. The molecular weight excluding hydrogens is 397 g/mol. The highest BCUT2D eigenvalue weighted by atomic mass is 32.2. The van der Waals surface area contributed by atoms with Gasteiger partial charge in [0, 0.05) is 0 Å². The molecule has 0 fully saturated rings. The summed E-state index contributed by atoms with van der Waals surface area (Å²) in [7, 11) is -5.35. The minimum Gasteiger partial charge on any atom is -0.457 e. The van der Waals surface area contributed by atoms with Crippen molar-refractivity contribution < 1.29 is 32.4 Å². The molecule has 29 heavy (non-hydrogen) atoms. The molecule has 1 aliphatic heterocycles. The summed E-state index contributed by atoms with van der Waals surface area (Å²) in [5.41, 5.74) is 0.0879. The Morgan fingerprint density at radius 2 is 1.86 bits per heavy atom. The first-order valence-electron chi connectivity index (χ1n) is 8.96. The van der Waals surface area contributed by atoms with Crippen molar-refractivity contribution in [1.29, 1.82) is 0 Å². The summed E-state index contributed by atoms with van der Waals surface area (Å²) < 4.78 is 42.6. The van der Waals surface area contributed by atoms with Crippen LogP contribution in [-0.2, 0) is 19.4 Å². The molecule has 3 rings (SSSR count). The number of rotatable bonds is 5. The van der Waals surface area contributed by atoms with E-state index < -0.39 is 40.7 Å². The number of amides is 1. The largest absolute Gasteiger partial charge is 0.492 e. The van der Waals surface area contributed by atoms with Gasteiger partial charge in [-0.2, -0.15) is 0 Å². The van der Waals surface area contributed by atoms with E-state index in [1.807, 2.05) is 22.9 Å². The Labute approximate surface area is 170 Å². The van der Waals surface area contributed by atoms with Gasteiger partial charge in [0.1, 0.15) is 17.1 Å². The topological polar surface area (TPSA) is 111 Å². The van der Waals surface area contributed by atoms with Gasteiger partial charge in [-0.3, -0.25) is 0 Å². The lowest BCUT2D eigenvalue weighted by Gasteiger charge is -2.20. The summed E-state index contributed by atoms with van der Waals surface area (Å²) in [5.74, 6) is 0.560. The van der Waals surface area contributed by atoms with E-state index in [0.717, 1.165) is 0 Å². The Balaban J connectivity index is 1.72. The monoisotopic (exact) mass is 419 g/mol. The van der Waals surface area contributed by atoms with E-state index in [0.29, 0.717) is 22.5 Å². The van der Waals surface area contributed by atoms with Crippen LogP contribution in [0.15, 0.2) is 48.5 Å². The summed E-state index contributed by atoms with van der Waals surface area (Å²) in [6, 6.07) is 14.0. The first-order chi connectivity index (χ1) is 13.5. The SMILES string of the molecule is CC(C)(C)OC(=O)NS(=O)(=O)CC1OB(O)c2cc(Oc3ccccc3)ccc21. The van der Waals surface area contributed by atoms with E-state index in [1.54, 1.807) is 51.1 Å². The number of carbonyl (C=O) groups excluding carboxylic acids is 1. The molecule has 8 nitrogen and oxygen atoms in total. The fraction of sp³-hybridized carbons (Fsp3) is 0.316. The minimum atomic E-state index is -4.05. The first-order valence-corrected chi connectivity index (χ1v) is 10.6. The first kappa shape index (κ1) is 21.2. The molecular formula is C19H22BNO7S. The summed E-state index contributed by atoms with van der Waals surface area (Å²) in [4.78, 5) is 11.8. The van der Waals surface area contributed by atoms with Crippen LogP contribution in [0.5, 0.6) is 11.5 Å². The summed E-state index contributed by atoms with van der Waals surface area (Å²) in [5, 5.41) is 10.2. The van der Waals surface area contributed by atoms with Crippen molar-refractivity contribution in [3.63, 3.8) is 0 Å². The van der Waals surface area contributed by atoms with Gasteiger partial charge in [0.05, 0.1) is 11.9 Å². The van der Waals surface area contributed by atoms with Gasteiger partial charge in [0.25, 0.3) is 0 Å². The number of carbonyl (C=O) groups is 1. The highest BCUT2D eigenvalue weighted by molar-refractivity contribution is 7.90. The van der Waals surface area contributed by atoms with Crippen LogP contribution in [0.4, 0.5) is 4.79 Å². The number of para-hydroxylation sites is 1. The highest BCUT2D eigenvalue weighted by Gasteiger charge is 2.38. The van der Waals surface area contributed by atoms with E-state index in [4.69, 9.17) is 14.1 Å². The van der Waals surface area contributed by atoms with Gasteiger partial charge in [0.2, 0.25) is 10.0 Å². The average Bonchev–Trinajstić information content (AvgIpc) is 2.88. The number of hydrogen-bond donors (Lipinski definition) is 2. The van der Waals surface area contributed by atoms with Gasteiger partial charge >= 0.3 is 13.2 Å². The van der Waals surface area contributed by atoms with Crippen LogP contribution in [0.3, 0.4) is 0 Å². The zero-order valence-corrected chi connectivity index (χ0v) is 17.1. The second-order valence-corrected chi connectivity index (χ2v) is 9.34. The van der Waals surface area contributed by atoms with E-state index >= 15 is 0 Å². The van der Waals surface area contributed by atoms with E-state index in [9.17, 15) is 18.2 Å². The molecule has 0 saturated carbocycles. The van der Waals surface area contributed by atoms with Gasteiger partial charge in [-0.25, -0.2) is 17.9 Å². The maximum atomic E-state index is 12.3. The molecule has 10 heteroatoms. The summed E-state index contributed by atoms with van der Waals surface area (Å²) >= 11 is 0. The summed E-state index contributed by atoms with van der Waals surface area (Å²) in [6.07, 6.45) is -2.01. The second kappa shape index (κ2) is 8.06. The quantitative estimate of drug-likeness (QED) is 0.714. The van der Waals surface area contributed by atoms with Gasteiger partial charge in [-0.15, -0.1) is 0 Å². The lowest BCUT2D eigenvalue weighted by molar-refractivity contribution is 0.0570. The third-order valence-electron chi connectivity index (χ3n) is 3.95. The Kier molecular flexibility index (Phi) is 5.88. The molecule has 1 heterocycles. The highest BCUT2D eigenvalue weighted by Crippen LogP contribution is 2.29. The molecule has 154 valence electrons. The third-order valence-corrected chi connectivity index (χ3v) is 5.17. The van der Waals surface area contributed by atoms with Gasteiger partial charge in [-0.05, 0) is 56.1 Å². The molecule has 0 radical (unpaired) electrons. The molecule has 1 unspecified atom stereocenters. The molecule has 2 N–H and O–H groups in total. The Bertz CT molecular complexity index is 989. The minimum absolute atomic E-state index is 0.413. The van der Waals surface area contributed by atoms with E-state index in [1.165, 1.54) is 0 Å². The number of ether oxygens (including phenoxy) is 2. The predicted octanol–water partition coefficient (Wildman–Crippen LogP) is 2.09. The molecule has 0 spiro atoms. The molecule has 0 bridgehead atoms. The van der Waals surface area contributed by atoms with Gasteiger partial charge < -0.3 is 19.2 Å². The fourth-order valence-corrected chi connectivity index (χ4v) is 3.88. The predicted molar refractivity (Wildman–Crippen MR) is 108 cm³/mol. The lowest BCUT2D eigenvalue weighted by atomic mass is 9.79. The zero-order valence-electron chi connectivity index (χ0n) is 16.3. The fourth-order valence-electron chi connectivity index (χ4n) is 2.85. The van der Waals surface area contributed by atoms with E-state index in [2.05, 4.69) is 0 Å². The molecule has 0 aromatic heterocycles. The van der Waals surface area contributed by atoms with Crippen molar-refractivity contribution in [3.8, 4) is 11.5 Å². The van der Waals surface area contributed by atoms with Gasteiger partial charge in [-0.1, -0.05) is 24.3 Å². The maximum Gasteiger partial charge on any atom is 0.492 e. The molecule has 1 amide bonds. The standard InChI is InChI=1S/C19H22BNO7S/c1-19(2,3)27-18(22)21-29(24,25)12-17-15-10-9-14(11-16(15)20(23)28-17)26-13-7-5-4-6-8-13/h4-11,17,23H,12H2,1-3H3,(H,21,22). The number of sulfonamides is 1. The van der Waals surface area contributed by atoms with Crippen molar-refractivity contribution in [2.24, 2.45) is 0 Å². The normalized spacial score (nSPS) is 16.3. The summed E-state index contributed by atoms with van der Waals surface area (Å²) in [6.45, 7) is 4.88. The van der Waals surface area contributed by atoms with Crippen LogP contribution in [0.25, 0.3) is 0 Å². The molecule has 2 aromatic rings. The lowest BCUT2D eigenvalue weighted by Crippen LogP contribution is -2.38. The van der Waals surface area contributed by atoms with Crippen molar-refractivity contribution in [1.82, 2.24) is 4.72 Å².